The fourth-order valence-corrected chi connectivity index (χ4v) is 6.16. The second-order valence-corrected chi connectivity index (χ2v) is 10.3. The van der Waals surface area contributed by atoms with Gasteiger partial charge in [0.1, 0.15) is 12.0 Å². The lowest BCUT2D eigenvalue weighted by atomic mass is 10.1. The van der Waals surface area contributed by atoms with Crippen LogP contribution in [0.4, 0.5) is 10.8 Å². The molecule has 32 heavy (non-hydrogen) atoms. The number of ether oxygens (including phenoxy) is 1. The third-order valence-corrected chi connectivity index (χ3v) is 7.53. The van der Waals surface area contributed by atoms with Crippen molar-refractivity contribution in [3.63, 3.8) is 0 Å². The Morgan fingerprint density at radius 1 is 1.19 bits per heavy atom. The first kappa shape index (κ1) is 23.1. The molecule has 13 heteroatoms. The summed E-state index contributed by atoms with van der Waals surface area (Å²) < 4.78 is 5.68. The van der Waals surface area contributed by atoms with E-state index in [2.05, 4.69) is 10.2 Å². The molecular formula is C19H13Cl3N4O4S2. The first-order valence-electron chi connectivity index (χ1n) is 9.08. The van der Waals surface area contributed by atoms with E-state index in [0.29, 0.717) is 20.7 Å². The summed E-state index contributed by atoms with van der Waals surface area (Å²) in [4.78, 5) is 25.4. The van der Waals surface area contributed by atoms with E-state index in [1.807, 2.05) is 0 Å². The highest BCUT2D eigenvalue weighted by Crippen LogP contribution is 2.48. The Morgan fingerprint density at radius 3 is 2.56 bits per heavy atom. The van der Waals surface area contributed by atoms with Crippen LogP contribution in [-0.2, 0) is 11.4 Å². The van der Waals surface area contributed by atoms with Crippen LogP contribution in [0.2, 0.25) is 15.1 Å². The zero-order valence-electron chi connectivity index (χ0n) is 16.2. The highest BCUT2D eigenvalue weighted by Gasteiger charge is 2.43. The molecule has 0 spiro atoms. The Bertz CT molecular complexity index is 1190. The molecule has 1 amide bonds. The van der Waals surface area contributed by atoms with Crippen molar-refractivity contribution in [2.24, 2.45) is 0 Å². The molecule has 1 saturated heterocycles. The van der Waals surface area contributed by atoms with Gasteiger partial charge in [-0.3, -0.25) is 19.8 Å². The number of para-hydroxylation sites is 1. The van der Waals surface area contributed by atoms with E-state index in [9.17, 15) is 14.9 Å². The van der Waals surface area contributed by atoms with Crippen LogP contribution < -0.4 is 9.64 Å². The summed E-state index contributed by atoms with van der Waals surface area (Å²) in [7, 11) is 0. The van der Waals surface area contributed by atoms with Crippen LogP contribution >= 0.6 is 57.9 Å². The average molecular weight is 532 g/mol. The summed E-state index contributed by atoms with van der Waals surface area (Å²) in [5.41, 5.74) is 0.366. The maximum atomic E-state index is 12.9. The van der Waals surface area contributed by atoms with Gasteiger partial charge in [0.2, 0.25) is 11.0 Å². The largest absolute Gasteiger partial charge is 0.483 e. The van der Waals surface area contributed by atoms with Gasteiger partial charge in [-0.2, -0.15) is 0 Å². The molecule has 1 aromatic heterocycles. The summed E-state index contributed by atoms with van der Waals surface area (Å²) in [6, 6.07) is 9.37. The summed E-state index contributed by atoms with van der Waals surface area (Å²) >= 11 is 20.6. The number of aromatic nitrogens is 2. The normalized spacial score (nSPS) is 18.2. The molecule has 4 rings (SSSR count). The molecular weight excluding hydrogens is 519 g/mol. The number of carbonyl (C=O) groups excluding carboxylic acids is 1. The highest BCUT2D eigenvalue weighted by atomic mass is 35.5. The highest BCUT2D eigenvalue weighted by molar-refractivity contribution is 8.01. The lowest BCUT2D eigenvalue weighted by Gasteiger charge is -2.20. The molecule has 0 saturated carbocycles. The maximum Gasteiger partial charge on any atom is 0.275 e. The average Bonchev–Trinajstić information content (AvgIpc) is 3.31. The first-order valence-corrected chi connectivity index (χ1v) is 12.0. The van der Waals surface area contributed by atoms with Crippen LogP contribution in [-0.4, -0.2) is 26.3 Å². The van der Waals surface area contributed by atoms with E-state index in [1.165, 1.54) is 34.9 Å². The molecule has 8 nitrogen and oxygen atoms in total. The molecule has 2 atom stereocenters. The minimum Gasteiger partial charge on any atom is -0.483 e. The van der Waals surface area contributed by atoms with Crippen molar-refractivity contribution in [1.82, 2.24) is 10.2 Å². The Hall–Kier alpha value is -2.11. The molecule has 1 fully saturated rings. The monoisotopic (exact) mass is 530 g/mol. The summed E-state index contributed by atoms with van der Waals surface area (Å²) in [5, 5.41) is 20.4. The fourth-order valence-electron chi connectivity index (χ4n) is 3.09. The number of thioether (sulfide) groups is 1. The molecule has 166 valence electrons. The van der Waals surface area contributed by atoms with Gasteiger partial charge in [-0.05, 0) is 25.1 Å². The standard InChI is InChI=1S/C19H13Cl3N4O4S2/c1-9-17(27)25(18(31-9)11-4-2-3-5-14(11)26(28)29)19-24-23-15(32-19)8-30-16-12(21)6-10(20)7-13(16)22/h2-7,9,18H,8H2,1H3. The number of nitro groups is 1. The molecule has 2 aromatic carbocycles. The predicted octanol–water partition coefficient (Wildman–Crippen LogP) is 6.15. The SMILES string of the molecule is CC1SC(c2ccccc2[N+](=O)[O-])N(c2nnc(COc3c(Cl)cc(Cl)cc3Cl)s2)C1=O. The van der Waals surface area contributed by atoms with Crippen LogP contribution in [0.15, 0.2) is 36.4 Å². The topological polar surface area (TPSA) is 98.5 Å². The van der Waals surface area contributed by atoms with Crippen LogP contribution in [0, 0.1) is 10.1 Å². The number of halogens is 3. The first-order chi connectivity index (χ1) is 15.3. The Balaban J connectivity index is 1.60. The van der Waals surface area contributed by atoms with Gasteiger partial charge in [-0.1, -0.05) is 58.3 Å². The smallest absolute Gasteiger partial charge is 0.275 e. The van der Waals surface area contributed by atoms with Crippen molar-refractivity contribution in [2.75, 3.05) is 4.90 Å². The van der Waals surface area contributed by atoms with E-state index >= 15 is 0 Å². The lowest BCUT2D eigenvalue weighted by Crippen LogP contribution is -2.30. The molecule has 1 aliphatic rings. The lowest BCUT2D eigenvalue weighted by molar-refractivity contribution is -0.385. The summed E-state index contributed by atoms with van der Waals surface area (Å²) in [6.45, 7) is 1.77. The molecule has 0 bridgehead atoms. The van der Waals surface area contributed by atoms with E-state index in [-0.39, 0.29) is 34.0 Å². The van der Waals surface area contributed by atoms with Gasteiger partial charge >= 0.3 is 0 Å². The number of hydrogen-bond acceptors (Lipinski definition) is 8. The van der Waals surface area contributed by atoms with Crippen molar-refractivity contribution in [2.45, 2.75) is 24.2 Å². The van der Waals surface area contributed by atoms with Gasteiger partial charge < -0.3 is 4.74 Å². The van der Waals surface area contributed by atoms with E-state index in [0.717, 1.165) is 11.3 Å². The van der Waals surface area contributed by atoms with Crippen LogP contribution in [0.25, 0.3) is 0 Å². The number of carbonyl (C=O) groups is 1. The van der Waals surface area contributed by atoms with Gasteiger partial charge in [-0.25, -0.2) is 0 Å². The Morgan fingerprint density at radius 2 is 1.88 bits per heavy atom. The molecule has 3 aromatic rings. The molecule has 0 N–H and O–H groups in total. The maximum absolute atomic E-state index is 12.9. The van der Waals surface area contributed by atoms with Crippen LogP contribution in [0.5, 0.6) is 5.75 Å². The number of nitrogens with zero attached hydrogens (tertiary/aromatic N) is 4. The Labute approximate surface area is 205 Å². The zero-order valence-corrected chi connectivity index (χ0v) is 20.1. The van der Waals surface area contributed by atoms with E-state index in [1.54, 1.807) is 25.1 Å². The number of hydrogen-bond donors (Lipinski definition) is 0. The van der Waals surface area contributed by atoms with Gasteiger partial charge in [-0.15, -0.1) is 22.0 Å². The second kappa shape index (κ2) is 9.40. The van der Waals surface area contributed by atoms with Gasteiger partial charge in [0, 0.05) is 11.1 Å². The third kappa shape index (κ3) is 4.51. The predicted molar refractivity (Wildman–Crippen MR) is 126 cm³/mol. The molecule has 0 radical (unpaired) electrons. The van der Waals surface area contributed by atoms with Crippen LogP contribution in [0.1, 0.15) is 22.9 Å². The number of amides is 1. The van der Waals surface area contributed by atoms with Crippen molar-refractivity contribution < 1.29 is 14.5 Å². The molecule has 1 aliphatic heterocycles. The number of rotatable bonds is 6. The second-order valence-electron chi connectivity index (χ2n) is 6.62. The summed E-state index contributed by atoms with van der Waals surface area (Å²) in [5.74, 6) is 0.0549. The molecule has 2 heterocycles. The number of anilines is 1. The molecule has 2 unspecified atom stereocenters. The van der Waals surface area contributed by atoms with Crippen molar-refractivity contribution >= 4 is 74.6 Å². The minimum absolute atomic E-state index is 0.0135. The number of nitro benzene ring substituents is 1. The Kier molecular flexibility index (Phi) is 6.78. The van der Waals surface area contributed by atoms with Crippen molar-refractivity contribution in [3.8, 4) is 5.75 Å². The van der Waals surface area contributed by atoms with Gasteiger partial charge in [0.25, 0.3) is 5.69 Å². The van der Waals surface area contributed by atoms with Crippen LogP contribution in [0.3, 0.4) is 0 Å². The van der Waals surface area contributed by atoms with E-state index in [4.69, 9.17) is 39.5 Å². The van der Waals surface area contributed by atoms with E-state index < -0.39 is 15.5 Å². The number of benzene rings is 2. The molecule has 0 aliphatic carbocycles. The van der Waals surface area contributed by atoms with Gasteiger partial charge in [0.05, 0.1) is 25.8 Å². The zero-order chi connectivity index (χ0) is 23.0. The quantitative estimate of drug-likeness (QED) is 0.278. The van der Waals surface area contributed by atoms with Crippen molar-refractivity contribution in [1.29, 1.82) is 0 Å². The third-order valence-electron chi connectivity index (χ3n) is 4.52. The van der Waals surface area contributed by atoms with Crippen molar-refractivity contribution in [3.05, 3.63) is 72.2 Å². The van der Waals surface area contributed by atoms with Gasteiger partial charge in [0.15, 0.2) is 10.8 Å². The fraction of sp³-hybridized carbons (Fsp3) is 0.211. The summed E-state index contributed by atoms with van der Waals surface area (Å²) in [6.07, 6.45) is 0. The minimum atomic E-state index is -0.596.